The highest BCUT2D eigenvalue weighted by molar-refractivity contribution is 8.06. The molecule has 1 aliphatic heterocycles. The van der Waals surface area contributed by atoms with Gasteiger partial charge in [0.1, 0.15) is 0 Å². The molecule has 0 aliphatic carbocycles. The quantitative estimate of drug-likeness (QED) is 0.617. The molecule has 0 spiro atoms. The first-order valence-corrected chi connectivity index (χ1v) is 10.3. The zero-order chi connectivity index (χ0) is 15.6. The fraction of sp³-hybridized carbons (Fsp3) is 0.900. The van der Waals surface area contributed by atoms with Gasteiger partial charge >= 0.3 is 0 Å². The molecular formula is C10H21N3O4S3. The average molecular weight is 343 g/mol. The van der Waals surface area contributed by atoms with E-state index in [1.54, 1.807) is 0 Å². The first kappa shape index (κ1) is 17.8. The van der Waals surface area contributed by atoms with Crippen LogP contribution in [0.15, 0.2) is 0 Å². The molecule has 118 valence electrons. The Labute approximate surface area is 126 Å². The van der Waals surface area contributed by atoms with Crippen LogP contribution in [0.2, 0.25) is 0 Å². The second-order valence-corrected chi connectivity index (χ2v) is 9.86. The summed E-state index contributed by atoms with van der Waals surface area (Å²) in [5.74, 6) is 0. The van der Waals surface area contributed by atoms with E-state index in [1.807, 2.05) is 11.8 Å². The van der Waals surface area contributed by atoms with Crippen LogP contribution in [-0.2, 0) is 19.9 Å². The van der Waals surface area contributed by atoms with E-state index in [0.29, 0.717) is 18.1 Å². The molecule has 10 heteroatoms. The third kappa shape index (κ3) is 4.92. The molecule has 0 aromatic carbocycles. The van der Waals surface area contributed by atoms with Crippen LogP contribution in [0, 0.1) is 0 Å². The minimum absolute atomic E-state index is 0.0373. The summed E-state index contributed by atoms with van der Waals surface area (Å²) in [7, 11) is -7.33. The number of thiocarbonyl (C=S) groups is 1. The summed E-state index contributed by atoms with van der Waals surface area (Å²) < 4.78 is 47.4. The zero-order valence-corrected chi connectivity index (χ0v) is 14.1. The topological polar surface area (TPSA) is 101 Å². The van der Waals surface area contributed by atoms with E-state index in [9.17, 15) is 16.8 Å². The van der Waals surface area contributed by atoms with Crippen LogP contribution in [0.5, 0.6) is 0 Å². The van der Waals surface area contributed by atoms with Gasteiger partial charge in [0.15, 0.2) is 14.9 Å². The molecule has 0 aromatic rings. The van der Waals surface area contributed by atoms with Gasteiger partial charge in [0.2, 0.25) is 10.0 Å². The number of rotatable bonds is 6. The minimum atomic E-state index is -3.76. The number of piperazine rings is 1. The Balaban J connectivity index is 2.69. The van der Waals surface area contributed by atoms with Crippen molar-refractivity contribution in [2.24, 2.45) is 5.73 Å². The molecular weight excluding hydrogens is 322 g/mol. The molecule has 1 fully saturated rings. The van der Waals surface area contributed by atoms with Gasteiger partial charge < -0.3 is 5.73 Å². The van der Waals surface area contributed by atoms with Crippen molar-refractivity contribution in [2.75, 3.05) is 37.5 Å². The van der Waals surface area contributed by atoms with Gasteiger partial charge in [-0.2, -0.15) is 4.31 Å². The lowest BCUT2D eigenvalue weighted by atomic mass is 10.1. The maximum Gasteiger partial charge on any atom is 0.228 e. The van der Waals surface area contributed by atoms with E-state index in [0.717, 1.165) is 12.7 Å². The van der Waals surface area contributed by atoms with Crippen LogP contribution in [0.3, 0.4) is 0 Å². The van der Waals surface area contributed by atoms with Crippen molar-refractivity contribution in [3.8, 4) is 0 Å². The van der Waals surface area contributed by atoms with E-state index in [1.165, 1.54) is 4.31 Å². The van der Waals surface area contributed by atoms with E-state index < -0.39 is 24.9 Å². The first-order valence-electron chi connectivity index (χ1n) is 6.25. The largest absolute Gasteiger partial charge is 0.392 e. The summed E-state index contributed by atoms with van der Waals surface area (Å²) in [5, 5.41) is -0.841. The van der Waals surface area contributed by atoms with E-state index >= 15 is 0 Å². The van der Waals surface area contributed by atoms with Gasteiger partial charge in [-0.05, 0) is 6.42 Å². The lowest BCUT2D eigenvalue weighted by molar-refractivity contribution is 0.165. The summed E-state index contributed by atoms with van der Waals surface area (Å²) >= 11 is 5.00. The molecule has 0 amide bonds. The van der Waals surface area contributed by atoms with E-state index in [4.69, 9.17) is 18.0 Å². The van der Waals surface area contributed by atoms with Gasteiger partial charge in [-0.15, -0.1) is 0 Å². The lowest BCUT2D eigenvalue weighted by Crippen LogP contribution is -2.55. The molecule has 1 unspecified atom stereocenters. The summed E-state index contributed by atoms with van der Waals surface area (Å²) in [4.78, 5) is 2.44. The van der Waals surface area contributed by atoms with Gasteiger partial charge in [-0.1, -0.05) is 19.1 Å². The molecule has 0 bridgehead atoms. The Hall–Kier alpha value is -0.290. The number of sulfonamides is 1. The predicted octanol–water partition coefficient (Wildman–Crippen LogP) is -0.999. The average Bonchev–Trinajstić information content (AvgIpc) is 2.27. The molecule has 1 rings (SSSR count). The standard InChI is InChI=1S/C10H21N3O4S3/c1-3-9(10(11)18)12-4-6-13(7-5-12)20(16,17)8-19(2,14)15/h9H,3-8H2,1-2H3,(H2,11,18). The highest BCUT2D eigenvalue weighted by Crippen LogP contribution is 2.13. The Bertz CT molecular complexity index is 550. The fourth-order valence-electron chi connectivity index (χ4n) is 2.28. The van der Waals surface area contributed by atoms with Gasteiger partial charge in [0.05, 0.1) is 11.0 Å². The molecule has 0 aromatic heterocycles. The van der Waals surface area contributed by atoms with Crippen LogP contribution in [0.25, 0.3) is 0 Å². The maximum atomic E-state index is 12.0. The molecule has 7 nitrogen and oxygen atoms in total. The third-order valence-electron chi connectivity index (χ3n) is 3.19. The molecule has 1 aliphatic rings. The van der Waals surface area contributed by atoms with Crippen molar-refractivity contribution in [3.63, 3.8) is 0 Å². The van der Waals surface area contributed by atoms with Crippen LogP contribution in [-0.4, -0.2) is 74.6 Å². The zero-order valence-electron chi connectivity index (χ0n) is 11.6. The van der Waals surface area contributed by atoms with Crippen LogP contribution in [0.4, 0.5) is 0 Å². The van der Waals surface area contributed by atoms with E-state index in [2.05, 4.69) is 0 Å². The van der Waals surface area contributed by atoms with Crippen LogP contribution < -0.4 is 5.73 Å². The van der Waals surface area contributed by atoms with Gasteiger partial charge in [-0.3, -0.25) is 4.90 Å². The highest BCUT2D eigenvalue weighted by atomic mass is 32.3. The molecule has 1 saturated heterocycles. The number of sulfone groups is 1. The third-order valence-corrected chi connectivity index (χ3v) is 7.51. The first-order chi connectivity index (χ1) is 9.07. The lowest BCUT2D eigenvalue weighted by Gasteiger charge is -2.37. The summed E-state index contributed by atoms with van der Waals surface area (Å²) in [5.41, 5.74) is 5.66. The van der Waals surface area contributed by atoms with Gasteiger partial charge in [0.25, 0.3) is 0 Å². The highest BCUT2D eigenvalue weighted by Gasteiger charge is 2.32. The maximum absolute atomic E-state index is 12.0. The summed E-state index contributed by atoms with van der Waals surface area (Å²) in [6.45, 7) is 3.49. The molecule has 1 heterocycles. The predicted molar refractivity (Wildman–Crippen MR) is 82.6 cm³/mol. The number of nitrogens with zero attached hydrogens (tertiary/aromatic N) is 2. The van der Waals surface area contributed by atoms with Crippen molar-refractivity contribution in [2.45, 2.75) is 19.4 Å². The Morgan fingerprint density at radius 2 is 1.70 bits per heavy atom. The molecule has 20 heavy (non-hydrogen) atoms. The van der Waals surface area contributed by atoms with Crippen molar-refractivity contribution in [3.05, 3.63) is 0 Å². The normalized spacial score (nSPS) is 20.7. The van der Waals surface area contributed by atoms with Crippen molar-refractivity contribution < 1.29 is 16.8 Å². The van der Waals surface area contributed by atoms with Crippen molar-refractivity contribution in [1.29, 1.82) is 0 Å². The van der Waals surface area contributed by atoms with Crippen LogP contribution >= 0.6 is 12.2 Å². The SMILES string of the molecule is CCC(C(N)=S)N1CCN(S(=O)(=O)CS(C)(=O)=O)CC1. The van der Waals surface area contributed by atoms with Crippen LogP contribution in [0.1, 0.15) is 13.3 Å². The monoisotopic (exact) mass is 343 g/mol. The summed E-state index contributed by atoms with van der Waals surface area (Å²) in [6, 6.07) is -0.0373. The molecule has 0 radical (unpaired) electrons. The second-order valence-electron chi connectivity index (χ2n) is 4.92. The second kappa shape index (κ2) is 6.65. The van der Waals surface area contributed by atoms with Gasteiger partial charge in [-0.25, -0.2) is 16.8 Å². The number of hydrogen-bond acceptors (Lipinski definition) is 6. The molecule has 2 N–H and O–H groups in total. The fourth-order valence-corrected chi connectivity index (χ4v) is 6.07. The van der Waals surface area contributed by atoms with Gasteiger partial charge in [0, 0.05) is 32.4 Å². The Morgan fingerprint density at radius 3 is 2.05 bits per heavy atom. The van der Waals surface area contributed by atoms with E-state index in [-0.39, 0.29) is 19.1 Å². The smallest absolute Gasteiger partial charge is 0.228 e. The van der Waals surface area contributed by atoms with Crippen molar-refractivity contribution >= 4 is 37.1 Å². The Kier molecular flexibility index (Phi) is 5.90. The molecule has 0 saturated carbocycles. The molecule has 1 atom stereocenters. The minimum Gasteiger partial charge on any atom is -0.392 e. The Morgan fingerprint density at radius 1 is 1.20 bits per heavy atom. The number of hydrogen-bond donors (Lipinski definition) is 1. The number of nitrogens with two attached hydrogens (primary N) is 1. The summed E-state index contributed by atoms with van der Waals surface area (Å²) in [6.07, 6.45) is 1.69. The van der Waals surface area contributed by atoms with Crippen molar-refractivity contribution in [1.82, 2.24) is 9.21 Å².